The van der Waals surface area contributed by atoms with Gasteiger partial charge in [0.05, 0.1) is 16.7 Å². The summed E-state index contributed by atoms with van der Waals surface area (Å²) in [7, 11) is 0. The van der Waals surface area contributed by atoms with E-state index in [-0.39, 0.29) is 18.1 Å². The van der Waals surface area contributed by atoms with Crippen LogP contribution in [0.4, 0.5) is 4.39 Å². The van der Waals surface area contributed by atoms with Crippen molar-refractivity contribution in [1.29, 1.82) is 0 Å². The number of nitrogens with one attached hydrogen (secondary N) is 2. The zero-order valence-electron chi connectivity index (χ0n) is 14.1. The van der Waals surface area contributed by atoms with Crippen LogP contribution in [-0.2, 0) is 6.61 Å². The zero-order chi connectivity index (χ0) is 18.4. The van der Waals surface area contributed by atoms with E-state index in [9.17, 15) is 9.18 Å². The molecule has 5 rings (SSSR count). The smallest absolute Gasteiger partial charge is 0.323 e. The summed E-state index contributed by atoms with van der Waals surface area (Å²) in [6.07, 6.45) is 3.71. The maximum atomic E-state index is 13.7. The summed E-state index contributed by atoms with van der Waals surface area (Å²) in [5.74, 6) is 0.133. The van der Waals surface area contributed by atoms with Crippen LogP contribution < -0.4 is 10.4 Å². The van der Waals surface area contributed by atoms with Crippen molar-refractivity contribution in [3.05, 3.63) is 93.4 Å². The van der Waals surface area contributed by atoms with Gasteiger partial charge in [-0.1, -0.05) is 12.1 Å². The van der Waals surface area contributed by atoms with Crippen LogP contribution in [0.1, 0.15) is 22.4 Å². The fourth-order valence-corrected chi connectivity index (χ4v) is 3.39. The molecule has 1 aliphatic heterocycles. The largest absolute Gasteiger partial charge is 0.487 e. The molecule has 6 heteroatoms. The number of hydrogen-bond acceptors (Lipinski definition) is 3. The first kappa shape index (κ1) is 15.6. The maximum Gasteiger partial charge on any atom is 0.323 e. The number of halogens is 1. The van der Waals surface area contributed by atoms with Crippen LogP contribution in [0.25, 0.3) is 22.7 Å². The molecule has 132 valence electrons. The molecule has 2 aromatic heterocycles. The van der Waals surface area contributed by atoms with E-state index in [1.165, 1.54) is 12.1 Å². The lowest BCUT2D eigenvalue weighted by Gasteiger charge is -2.10. The Bertz CT molecular complexity index is 1270. The number of imidazole rings is 1. The van der Waals surface area contributed by atoms with Crippen molar-refractivity contribution in [2.45, 2.75) is 6.61 Å². The molecule has 0 unspecified atom stereocenters. The lowest BCUT2D eigenvalue weighted by atomic mass is 9.94. The van der Waals surface area contributed by atoms with Crippen LogP contribution in [-0.4, -0.2) is 15.0 Å². The maximum absolute atomic E-state index is 13.7. The second kappa shape index (κ2) is 5.95. The molecule has 0 saturated heterocycles. The summed E-state index contributed by atoms with van der Waals surface area (Å²) in [6, 6.07) is 14.0. The van der Waals surface area contributed by atoms with Crippen molar-refractivity contribution in [3.63, 3.8) is 0 Å². The van der Waals surface area contributed by atoms with Crippen molar-refractivity contribution in [2.75, 3.05) is 0 Å². The first-order valence-electron chi connectivity index (χ1n) is 8.48. The van der Waals surface area contributed by atoms with E-state index in [1.54, 1.807) is 12.3 Å². The average Bonchev–Trinajstić information content (AvgIpc) is 2.97. The van der Waals surface area contributed by atoms with Gasteiger partial charge in [-0.3, -0.25) is 4.98 Å². The van der Waals surface area contributed by atoms with Crippen molar-refractivity contribution in [1.82, 2.24) is 15.0 Å². The number of fused-ring (bicyclic) bond motifs is 3. The molecule has 0 aliphatic carbocycles. The molecule has 0 amide bonds. The van der Waals surface area contributed by atoms with Gasteiger partial charge in [-0.25, -0.2) is 9.18 Å². The van der Waals surface area contributed by atoms with E-state index in [2.05, 4.69) is 15.0 Å². The lowest BCUT2D eigenvalue weighted by Crippen LogP contribution is -1.99. The summed E-state index contributed by atoms with van der Waals surface area (Å²) >= 11 is 0. The summed E-state index contributed by atoms with van der Waals surface area (Å²) < 4.78 is 19.5. The molecule has 0 bridgehead atoms. The Morgan fingerprint density at radius 1 is 1.04 bits per heavy atom. The van der Waals surface area contributed by atoms with Crippen LogP contribution >= 0.6 is 0 Å². The summed E-state index contributed by atoms with van der Waals surface area (Å²) in [6.45, 7) is 0.272. The van der Waals surface area contributed by atoms with E-state index in [4.69, 9.17) is 4.74 Å². The topological polar surface area (TPSA) is 70.8 Å². The Hall–Kier alpha value is -3.67. The minimum atomic E-state index is -0.349. The summed E-state index contributed by atoms with van der Waals surface area (Å²) in [4.78, 5) is 21.4. The third-order valence-corrected chi connectivity index (χ3v) is 4.63. The average molecular weight is 359 g/mol. The molecule has 4 aromatic rings. The molecule has 0 radical (unpaired) electrons. The number of hydrogen-bond donors (Lipinski definition) is 2. The number of nitrogens with zero attached hydrogens (tertiary/aromatic N) is 1. The van der Waals surface area contributed by atoms with Gasteiger partial charge in [0.2, 0.25) is 0 Å². The number of aromatic amines is 2. The summed E-state index contributed by atoms with van der Waals surface area (Å²) in [5, 5.41) is 0. The number of ether oxygens (including phenoxy) is 1. The van der Waals surface area contributed by atoms with Gasteiger partial charge in [-0.05, 0) is 47.5 Å². The van der Waals surface area contributed by atoms with Gasteiger partial charge in [0.15, 0.2) is 0 Å². The molecule has 27 heavy (non-hydrogen) atoms. The van der Waals surface area contributed by atoms with Crippen LogP contribution in [0, 0.1) is 5.82 Å². The molecular formula is C21H14FN3O2. The third-order valence-electron chi connectivity index (χ3n) is 4.63. The van der Waals surface area contributed by atoms with Crippen LogP contribution in [0.5, 0.6) is 5.75 Å². The predicted molar refractivity (Wildman–Crippen MR) is 101 cm³/mol. The van der Waals surface area contributed by atoms with Crippen LogP contribution in [0.15, 0.2) is 59.5 Å². The molecule has 0 fully saturated rings. The van der Waals surface area contributed by atoms with Crippen LogP contribution in [0.2, 0.25) is 0 Å². The molecule has 0 spiro atoms. The highest BCUT2D eigenvalue weighted by atomic mass is 19.1. The molecule has 1 aliphatic rings. The highest BCUT2D eigenvalue weighted by molar-refractivity contribution is 5.95. The Labute approximate surface area is 153 Å². The highest BCUT2D eigenvalue weighted by Crippen LogP contribution is 2.37. The molecule has 2 aromatic carbocycles. The van der Waals surface area contributed by atoms with E-state index in [0.717, 1.165) is 39.0 Å². The van der Waals surface area contributed by atoms with E-state index < -0.39 is 0 Å². The quantitative estimate of drug-likeness (QED) is 0.542. The normalized spacial score (nSPS) is 14.5. The van der Waals surface area contributed by atoms with Gasteiger partial charge in [0.25, 0.3) is 0 Å². The summed E-state index contributed by atoms with van der Waals surface area (Å²) in [5.41, 5.74) is 5.55. The monoisotopic (exact) mass is 359 g/mol. The molecular weight excluding hydrogens is 345 g/mol. The third kappa shape index (κ3) is 2.71. The standard InChI is InChI=1S/C21H14FN3O2/c22-13-4-5-15-16(8-12-3-6-17-18(9-12)25-21(26)24-17)14-2-1-7-23-19(14)11-27-20(15)10-13/h1-10H,11H2,(H2,24,25,26). The Morgan fingerprint density at radius 3 is 2.85 bits per heavy atom. The van der Waals surface area contributed by atoms with Gasteiger partial charge in [0, 0.05) is 23.4 Å². The number of H-pyrrole nitrogens is 2. The van der Waals surface area contributed by atoms with Crippen molar-refractivity contribution in [2.24, 2.45) is 0 Å². The number of pyridine rings is 1. The molecule has 2 N–H and O–H groups in total. The van der Waals surface area contributed by atoms with Gasteiger partial charge in [0.1, 0.15) is 18.2 Å². The van der Waals surface area contributed by atoms with Gasteiger partial charge in [-0.15, -0.1) is 0 Å². The van der Waals surface area contributed by atoms with Gasteiger partial charge < -0.3 is 14.7 Å². The Morgan fingerprint density at radius 2 is 1.93 bits per heavy atom. The SMILES string of the molecule is O=c1[nH]c2ccc(C=C3c4ccc(F)cc4OCc4ncccc43)cc2[nH]1. The zero-order valence-corrected chi connectivity index (χ0v) is 14.1. The minimum absolute atomic E-state index is 0.243. The second-order valence-electron chi connectivity index (χ2n) is 6.37. The van der Waals surface area contributed by atoms with Gasteiger partial charge >= 0.3 is 5.69 Å². The van der Waals surface area contributed by atoms with Crippen LogP contribution in [0.3, 0.4) is 0 Å². The number of benzene rings is 2. The first-order chi connectivity index (χ1) is 13.2. The lowest BCUT2D eigenvalue weighted by molar-refractivity contribution is 0.301. The number of aromatic nitrogens is 3. The van der Waals surface area contributed by atoms with Crippen molar-refractivity contribution >= 4 is 22.7 Å². The fraction of sp³-hybridized carbons (Fsp3) is 0.0476. The number of rotatable bonds is 1. The molecule has 0 saturated carbocycles. The minimum Gasteiger partial charge on any atom is -0.487 e. The first-order valence-corrected chi connectivity index (χ1v) is 8.48. The highest BCUT2D eigenvalue weighted by Gasteiger charge is 2.20. The van der Waals surface area contributed by atoms with Crippen molar-refractivity contribution in [3.8, 4) is 5.75 Å². The molecule has 0 atom stereocenters. The Balaban J connectivity index is 1.75. The molecule has 5 nitrogen and oxygen atoms in total. The Kier molecular flexibility index (Phi) is 3.43. The van der Waals surface area contributed by atoms with E-state index >= 15 is 0 Å². The second-order valence-corrected chi connectivity index (χ2v) is 6.37. The predicted octanol–water partition coefficient (Wildman–Crippen LogP) is 3.87. The van der Waals surface area contributed by atoms with Gasteiger partial charge in [-0.2, -0.15) is 0 Å². The van der Waals surface area contributed by atoms with Crippen molar-refractivity contribution < 1.29 is 9.13 Å². The van der Waals surface area contributed by atoms with E-state index in [0.29, 0.717) is 5.75 Å². The fourth-order valence-electron chi connectivity index (χ4n) is 3.39. The molecule has 3 heterocycles. The van der Waals surface area contributed by atoms with E-state index in [1.807, 2.05) is 36.4 Å².